The third kappa shape index (κ3) is 4.87. The Balaban J connectivity index is 1.55. The van der Waals surface area contributed by atoms with Gasteiger partial charge in [-0.1, -0.05) is 35.5 Å². The number of rotatable bonds is 6. The fourth-order valence-electron chi connectivity index (χ4n) is 1.94. The van der Waals surface area contributed by atoms with Gasteiger partial charge >= 0.3 is 0 Å². The lowest BCUT2D eigenvalue weighted by molar-refractivity contribution is -0.118. The number of tetrazole rings is 1. The van der Waals surface area contributed by atoms with E-state index in [1.165, 1.54) is 23.0 Å². The maximum absolute atomic E-state index is 13.0. The SMILES string of the molecule is O=C(CSc1nnnn1-c1ccc(Cl)cc1)NN=Cc1cccc(F)c1. The van der Waals surface area contributed by atoms with E-state index in [9.17, 15) is 9.18 Å². The first-order valence-electron chi connectivity index (χ1n) is 7.36. The zero-order valence-electron chi connectivity index (χ0n) is 13.2. The van der Waals surface area contributed by atoms with Gasteiger partial charge in [0.25, 0.3) is 5.91 Å². The summed E-state index contributed by atoms with van der Waals surface area (Å²) in [5.74, 6) is -0.646. The third-order valence-electron chi connectivity index (χ3n) is 3.10. The van der Waals surface area contributed by atoms with Gasteiger partial charge < -0.3 is 0 Å². The minimum Gasteiger partial charge on any atom is -0.272 e. The van der Waals surface area contributed by atoms with E-state index in [1.807, 2.05) is 0 Å². The first kappa shape index (κ1) is 18.0. The van der Waals surface area contributed by atoms with Crippen LogP contribution in [0.5, 0.6) is 0 Å². The Morgan fingerprint density at radius 3 is 2.88 bits per heavy atom. The van der Waals surface area contributed by atoms with Crippen molar-refractivity contribution in [3.05, 3.63) is 64.9 Å². The Morgan fingerprint density at radius 2 is 2.12 bits per heavy atom. The van der Waals surface area contributed by atoms with E-state index < -0.39 is 0 Å². The molecule has 1 N–H and O–H groups in total. The maximum atomic E-state index is 13.0. The second-order valence-corrected chi connectivity index (χ2v) is 6.37. The monoisotopic (exact) mass is 390 g/mol. The quantitative estimate of drug-likeness (QED) is 0.397. The summed E-state index contributed by atoms with van der Waals surface area (Å²) in [7, 11) is 0. The smallest absolute Gasteiger partial charge is 0.250 e. The molecule has 0 bridgehead atoms. The molecule has 0 radical (unpaired) electrons. The van der Waals surface area contributed by atoms with Gasteiger partial charge in [0.15, 0.2) is 0 Å². The van der Waals surface area contributed by atoms with E-state index in [4.69, 9.17) is 11.6 Å². The number of nitrogens with one attached hydrogen (secondary N) is 1. The molecule has 10 heteroatoms. The average Bonchev–Trinajstić information content (AvgIpc) is 3.09. The molecule has 0 aliphatic rings. The molecule has 7 nitrogen and oxygen atoms in total. The van der Waals surface area contributed by atoms with Gasteiger partial charge in [0.2, 0.25) is 5.16 Å². The summed E-state index contributed by atoms with van der Waals surface area (Å²) in [6, 6.07) is 12.9. The Kier molecular flexibility index (Phi) is 5.92. The van der Waals surface area contributed by atoms with Gasteiger partial charge in [0, 0.05) is 5.02 Å². The summed E-state index contributed by atoms with van der Waals surface area (Å²) in [4.78, 5) is 11.9. The van der Waals surface area contributed by atoms with Crippen molar-refractivity contribution in [3.8, 4) is 5.69 Å². The Hall–Kier alpha value is -2.78. The molecule has 1 amide bonds. The van der Waals surface area contributed by atoms with Crippen LogP contribution in [0.15, 0.2) is 58.8 Å². The number of carbonyl (C=O) groups is 1. The molecular weight excluding hydrogens is 379 g/mol. The van der Waals surface area contributed by atoms with E-state index in [-0.39, 0.29) is 17.5 Å². The van der Waals surface area contributed by atoms with E-state index in [1.54, 1.807) is 36.4 Å². The number of carbonyl (C=O) groups excluding carboxylic acids is 1. The summed E-state index contributed by atoms with van der Waals surface area (Å²) < 4.78 is 14.6. The molecule has 0 aliphatic heterocycles. The van der Waals surface area contributed by atoms with Gasteiger partial charge in [-0.05, 0) is 52.4 Å². The van der Waals surface area contributed by atoms with Crippen molar-refractivity contribution in [1.29, 1.82) is 0 Å². The van der Waals surface area contributed by atoms with Crippen LogP contribution in [0, 0.1) is 5.82 Å². The lowest BCUT2D eigenvalue weighted by atomic mass is 10.2. The number of benzene rings is 2. The van der Waals surface area contributed by atoms with E-state index in [2.05, 4.69) is 26.1 Å². The highest BCUT2D eigenvalue weighted by molar-refractivity contribution is 7.99. The number of hydrazone groups is 1. The number of hydrogen-bond acceptors (Lipinski definition) is 6. The second kappa shape index (κ2) is 8.54. The topological polar surface area (TPSA) is 85.1 Å². The molecule has 132 valence electrons. The van der Waals surface area contributed by atoms with Gasteiger partial charge in [0.05, 0.1) is 17.7 Å². The standard InChI is InChI=1S/C16H12ClFN6OS/c17-12-4-6-14(7-5-12)24-16(21-22-23-24)26-10-15(25)20-19-9-11-2-1-3-13(18)8-11/h1-9H,10H2,(H,20,25). The average molecular weight is 391 g/mol. The van der Waals surface area contributed by atoms with Crippen LogP contribution in [-0.2, 0) is 4.79 Å². The van der Waals surface area contributed by atoms with Crippen LogP contribution in [-0.4, -0.2) is 38.1 Å². The minimum absolute atomic E-state index is 0.0639. The van der Waals surface area contributed by atoms with Crippen LogP contribution >= 0.6 is 23.4 Å². The second-order valence-electron chi connectivity index (χ2n) is 4.99. The molecule has 1 heterocycles. The lowest BCUT2D eigenvalue weighted by Gasteiger charge is -2.04. The van der Waals surface area contributed by atoms with E-state index in [0.717, 1.165) is 17.4 Å². The van der Waals surface area contributed by atoms with Crippen molar-refractivity contribution >= 4 is 35.5 Å². The van der Waals surface area contributed by atoms with Crippen molar-refractivity contribution in [1.82, 2.24) is 25.6 Å². The van der Waals surface area contributed by atoms with Crippen LogP contribution in [0.25, 0.3) is 5.69 Å². The van der Waals surface area contributed by atoms with Crippen molar-refractivity contribution in [2.45, 2.75) is 5.16 Å². The lowest BCUT2D eigenvalue weighted by Crippen LogP contribution is -2.20. The Labute approximate surface area is 157 Å². The number of thioether (sulfide) groups is 1. The fourth-order valence-corrected chi connectivity index (χ4v) is 2.75. The van der Waals surface area contributed by atoms with E-state index >= 15 is 0 Å². The first-order valence-corrected chi connectivity index (χ1v) is 8.73. The molecule has 0 aliphatic carbocycles. The van der Waals surface area contributed by atoms with Crippen LogP contribution in [0.3, 0.4) is 0 Å². The molecule has 0 atom stereocenters. The summed E-state index contributed by atoms with van der Waals surface area (Å²) in [6.07, 6.45) is 1.36. The molecule has 1 aromatic heterocycles. The van der Waals surface area contributed by atoms with Crippen molar-refractivity contribution in [2.75, 3.05) is 5.75 Å². The molecule has 0 saturated heterocycles. The van der Waals surface area contributed by atoms with E-state index in [0.29, 0.717) is 15.7 Å². The molecule has 0 spiro atoms. The highest BCUT2D eigenvalue weighted by Crippen LogP contribution is 2.19. The Bertz CT molecular complexity index is 930. The van der Waals surface area contributed by atoms with Gasteiger partial charge in [-0.15, -0.1) is 5.10 Å². The molecule has 3 rings (SSSR count). The highest BCUT2D eigenvalue weighted by Gasteiger charge is 2.11. The van der Waals surface area contributed by atoms with Gasteiger partial charge in [-0.25, -0.2) is 9.82 Å². The number of nitrogens with zero attached hydrogens (tertiary/aromatic N) is 5. The molecule has 2 aromatic carbocycles. The summed E-state index contributed by atoms with van der Waals surface area (Å²) >= 11 is 7.02. The van der Waals surface area contributed by atoms with Crippen LogP contribution < -0.4 is 5.43 Å². The summed E-state index contributed by atoms with van der Waals surface area (Å²) in [5.41, 5.74) is 3.65. The van der Waals surface area contributed by atoms with Gasteiger partial charge in [-0.3, -0.25) is 4.79 Å². The predicted octanol–water partition coefficient (Wildman–Crippen LogP) is 2.70. The zero-order valence-corrected chi connectivity index (χ0v) is 14.8. The van der Waals surface area contributed by atoms with Gasteiger partial charge in [-0.2, -0.15) is 9.78 Å². The molecule has 0 unspecified atom stereocenters. The number of hydrogen-bond donors (Lipinski definition) is 1. The molecule has 3 aromatic rings. The van der Waals surface area contributed by atoms with Crippen LogP contribution in [0.4, 0.5) is 4.39 Å². The van der Waals surface area contributed by atoms with Crippen molar-refractivity contribution in [3.63, 3.8) is 0 Å². The zero-order chi connectivity index (χ0) is 18.4. The summed E-state index contributed by atoms with van der Waals surface area (Å²) in [6.45, 7) is 0. The van der Waals surface area contributed by atoms with Crippen LogP contribution in [0.1, 0.15) is 5.56 Å². The third-order valence-corrected chi connectivity index (χ3v) is 4.27. The molecular formula is C16H12ClFN6OS. The number of aromatic nitrogens is 4. The number of amides is 1. The Morgan fingerprint density at radius 1 is 1.31 bits per heavy atom. The van der Waals surface area contributed by atoms with Crippen molar-refractivity contribution < 1.29 is 9.18 Å². The normalized spacial score (nSPS) is 11.0. The fraction of sp³-hybridized carbons (Fsp3) is 0.0625. The van der Waals surface area contributed by atoms with Crippen molar-refractivity contribution in [2.24, 2.45) is 5.10 Å². The van der Waals surface area contributed by atoms with Gasteiger partial charge in [0.1, 0.15) is 5.82 Å². The summed E-state index contributed by atoms with van der Waals surface area (Å²) in [5, 5.41) is 16.3. The number of halogens is 2. The van der Waals surface area contributed by atoms with Crippen LogP contribution in [0.2, 0.25) is 5.02 Å². The first-order chi connectivity index (χ1) is 12.6. The molecule has 0 saturated carbocycles. The molecule has 0 fully saturated rings. The largest absolute Gasteiger partial charge is 0.272 e. The molecule has 26 heavy (non-hydrogen) atoms. The predicted molar refractivity (Wildman–Crippen MR) is 97.0 cm³/mol. The highest BCUT2D eigenvalue weighted by atomic mass is 35.5. The maximum Gasteiger partial charge on any atom is 0.250 e. The minimum atomic E-state index is -0.370.